The van der Waals surface area contributed by atoms with Crippen LogP contribution in [0.1, 0.15) is 28.8 Å². The number of anilines is 2. The van der Waals surface area contributed by atoms with E-state index in [0.29, 0.717) is 37.2 Å². The van der Waals surface area contributed by atoms with Gasteiger partial charge in [0.1, 0.15) is 11.9 Å². The van der Waals surface area contributed by atoms with Crippen LogP contribution >= 0.6 is 0 Å². The number of carbonyl (C=O) groups is 3. The maximum atomic E-state index is 13.0. The topological polar surface area (TPSA) is 94.6 Å². The van der Waals surface area contributed by atoms with Gasteiger partial charge in [-0.15, -0.1) is 0 Å². The summed E-state index contributed by atoms with van der Waals surface area (Å²) in [6.07, 6.45) is 2.62. The molecule has 3 amide bonds. The van der Waals surface area contributed by atoms with Crippen LogP contribution in [-0.4, -0.2) is 59.8 Å². The minimum Gasteiger partial charge on any atom is -0.353 e. The third kappa shape index (κ3) is 4.27. The van der Waals surface area contributed by atoms with Crippen molar-refractivity contribution < 1.29 is 14.4 Å². The smallest absolute Gasteiger partial charge is 0.254 e. The molecule has 4 rings (SSSR count). The summed E-state index contributed by atoms with van der Waals surface area (Å²) in [5.41, 5.74) is 2.00. The molecule has 0 bridgehead atoms. The first-order chi connectivity index (χ1) is 14.5. The predicted octanol–water partition coefficient (Wildman–Crippen LogP) is 1.57. The summed E-state index contributed by atoms with van der Waals surface area (Å²) in [4.78, 5) is 45.2. The second-order valence-electron chi connectivity index (χ2n) is 7.64. The molecule has 2 aliphatic heterocycles. The average molecular weight is 407 g/mol. The zero-order valence-corrected chi connectivity index (χ0v) is 16.9. The summed E-state index contributed by atoms with van der Waals surface area (Å²) in [5.74, 6) is 0.502. The summed E-state index contributed by atoms with van der Waals surface area (Å²) in [7, 11) is 0. The van der Waals surface area contributed by atoms with Gasteiger partial charge in [-0.25, -0.2) is 4.98 Å². The quantitative estimate of drug-likeness (QED) is 0.802. The number of piperazine rings is 1. The van der Waals surface area contributed by atoms with E-state index < -0.39 is 6.04 Å². The Labute approximate surface area is 175 Å². The van der Waals surface area contributed by atoms with Gasteiger partial charge >= 0.3 is 0 Å². The van der Waals surface area contributed by atoms with Crippen LogP contribution in [0.2, 0.25) is 0 Å². The molecule has 2 aliphatic rings. The van der Waals surface area contributed by atoms with Gasteiger partial charge < -0.3 is 20.4 Å². The van der Waals surface area contributed by atoms with E-state index in [-0.39, 0.29) is 17.7 Å². The Kier molecular flexibility index (Phi) is 5.65. The molecule has 0 spiro atoms. The molecular formula is C22H25N5O3. The van der Waals surface area contributed by atoms with Crippen molar-refractivity contribution in [3.63, 3.8) is 0 Å². The fourth-order valence-electron chi connectivity index (χ4n) is 3.78. The van der Waals surface area contributed by atoms with Gasteiger partial charge in [0, 0.05) is 50.0 Å². The highest BCUT2D eigenvalue weighted by atomic mass is 16.2. The number of nitrogens with one attached hydrogen (secondary N) is 2. The van der Waals surface area contributed by atoms with Gasteiger partial charge in [-0.3, -0.25) is 14.4 Å². The summed E-state index contributed by atoms with van der Waals surface area (Å²) < 4.78 is 0. The molecule has 8 nitrogen and oxygen atoms in total. The molecule has 1 atom stereocenters. The van der Waals surface area contributed by atoms with Crippen molar-refractivity contribution in [2.45, 2.75) is 25.8 Å². The number of amides is 3. The first-order valence-electron chi connectivity index (χ1n) is 10.2. The molecule has 3 heterocycles. The molecule has 156 valence electrons. The lowest BCUT2D eigenvalue weighted by Gasteiger charge is -2.35. The number of nitrogens with zero attached hydrogens (tertiary/aromatic N) is 3. The Bertz CT molecular complexity index is 955. The van der Waals surface area contributed by atoms with Crippen LogP contribution in [0.15, 0.2) is 42.6 Å². The van der Waals surface area contributed by atoms with Gasteiger partial charge in [0.2, 0.25) is 11.8 Å². The SMILES string of the molecule is Cc1ccc(C(=O)N2CCN(c3ccccn3)CC2)cc1NC(=O)C1CCC(=O)N1. The van der Waals surface area contributed by atoms with Gasteiger partial charge in [0.05, 0.1) is 0 Å². The van der Waals surface area contributed by atoms with E-state index in [1.54, 1.807) is 18.3 Å². The molecular weight excluding hydrogens is 382 g/mol. The molecule has 2 saturated heterocycles. The first kappa shape index (κ1) is 19.9. The Morgan fingerprint density at radius 2 is 1.93 bits per heavy atom. The fraction of sp³-hybridized carbons (Fsp3) is 0.364. The van der Waals surface area contributed by atoms with E-state index in [4.69, 9.17) is 0 Å². The third-order valence-corrected chi connectivity index (χ3v) is 5.59. The molecule has 1 unspecified atom stereocenters. The third-order valence-electron chi connectivity index (χ3n) is 5.59. The Morgan fingerprint density at radius 3 is 2.60 bits per heavy atom. The highest BCUT2D eigenvalue weighted by Gasteiger charge is 2.28. The largest absolute Gasteiger partial charge is 0.353 e. The van der Waals surface area contributed by atoms with Gasteiger partial charge in [0.15, 0.2) is 0 Å². The van der Waals surface area contributed by atoms with E-state index in [1.165, 1.54) is 0 Å². The Morgan fingerprint density at radius 1 is 1.13 bits per heavy atom. The summed E-state index contributed by atoms with van der Waals surface area (Å²) in [5, 5.41) is 5.52. The van der Waals surface area contributed by atoms with Crippen LogP contribution in [-0.2, 0) is 9.59 Å². The minimum absolute atomic E-state index is 0.0552. The number of benzene rings is 1. The van der Waals surface area contributed by atoms with Crippen LogP contribution in [0.3, 0.4) is 0 Å². The number of hydrogen-bond acceptors (Lipinski definition) is 5. The van der Waals surface area contributed by atoms with Crippen molar-refractivity contribution in [2.24, 2.45) is 0 Å². The number of rotatable bonds is 4. The van der Waals surface area contributed by atoms with Crippen molar-refractivity contribution in [3.05, 3.63) is 53.7 Å². The number of pyridine rings is 1. The maximum Gasteiger partial charge on any atom is 0.254 e. The van der Waals surface area contributed by atoms with Crippen LogP contribution in [0.5, 0.6) is 0 Å². The number of carbonyl (C=O) groups excluding carboxylic acids is 3. The van der Waals surface area contributed by atoms with E-state index in [1.807, 2.05) is 36.1 Å². The van der Waals surface area contributed by atoms with E-state index in [0.717, 1.165) is 24.5 Å². The minimum atomic E-state index is -0.518. The van der Waals surface area contributed by atoms with Crippen LogP contribution < -0.4 is 15.5 Å². The monoisotopic (exact) mass is 407 g/mol. The highest BCUT2D eigenvalue weighted by molar-refractivity contribution is 6.01. The fourth-order valence-corrected chi connectivity index (χ4v) is 3.78. The van der Waals surface area contributed by atoms with Crippen LogP contribution in [0, 0.1) is 6.92 Å². The normalized spacial score (nSPS) is 18.8. The Balaban J connectivity index is 1.40. The second kappa shape index (κ2) is 8.52. The molecule has 2 aromatic rings. The summed E-state index contributed by atoms with van der Waals surface area (Å²) >= 11 is 0. The van der Waals surface area contributed by atoms with E-state index in [2.05, 4.69) is 20.5 Å². The van der Waals surface area contributed by atoms with Crippen molar-refractivity contribution in [2.75, 3.05) is 36.4 Å². The summed E-state index contributed by atoms with van der Waals surface area (Å²) in [6, 6.07) is 10.6. The van der Waals surface area contributed by atoms with Crippen LogP contribution in [0.4, 0.5) is 11.5 Å². The highest BCUT2D eigenvalue weighted by Crippen LogP contribution is 2.21. The summed E-state index contributed by atoms with van der Waals surface area (Å²) in [6.45, 7) is 4.54. The van der Waals surface area contributed by atoms with Gasteiger partial charge in [-0.1, -0.05) is 12.1 Å². The molecule has 2 fully saturated rings. The van der Waals surface area contributed by atoms with Crippen molar-refractivity contribution in [3.8, 4) is 0 Å². The average Bonchev–Trinajstić information content (AvgIpc) is 3.22. The first-order valence-corrected chi connectivity index (χ1v) is 10.2. The number of hydrogen-bond donors (Lipinski definition) is 2. The standard InChI is InChI=1S/C22H25N5O3/c1-15-5-6-16(14-18(15)25-21(29)17-7-8-20(28)24-17)22(30)27-12-10-26(11-13-27)19-4-2-3-9-23-19/h2-6,9,14,17H,7-8,10-13H2,1H3,(H,24,28)(H,25,29). The number of aromatic nitrogens is 1. The second-order valence-corrected chi connectivity index (χ2v) is 7.64. The van der Waals surface area contributed by atoms with Gasteiger partial charge in [0.25, 0.3) is 5.91 Å². The molecule has 1 aromatic heterocycles. The van der Waals surface area contributed by atoms with Crippen molar-refractivity contribution in [1.82, 2.24) is 15.2 Å². The van der Waals surface area contributed by atoms with Crippen molar-refractivity contribution in [1.29, 1.82) is 0 Å². The lowest BCUT2D eigenvalue weighted by molar-refractivity contribution is -0.122. The Hall–Kier alpha value is -3.42. The molecule has 30 heavy (non-hydrogen) atoms. The van der Waals surface area contributed by atoms with Crippen LogP contribution in [0.25, 0.3) is 0 Å². The number of aryl methyl sites for hydroxylation is 1. The van der Waals surface area contributed by atoms with E-state index >= 15 is 0 Å². The van der Waals surface area contributed by atoms with Crippen molar-refractivity contribution >= 4 is 29.2 Å². The lowest BCUT2D eigenvalue weighted by Crippen LogP contribution is -2.49. The molecule has 0 saturated carbocycles. The molecule has 2 N–H and O–H groups in total. The zero-order valence-electron chi connectivity index (χ0n) is 16.9. The molecule has 0 aliphatic carbocycles. The molecule has 0 radical (unpaired) electrons. The van der Waals surface area contributed by atoms with E-state index in [9.17, 15) is 14.4 Å². The lowest BCUT2D eigenvalue weighted by atomic mass is 10.1. The molecule has 1 aromatic carbocycles. The predicted molar refractivity (Wildman–Crippen MR) is 113 cm³/mol. The maximum absolute atomic E-state index is 13.0. The zero-order chi connectivity index (χ0) is 21.1. The molecule has 8 heteroatoms. The van der Waals surface area contributed by atoms with Gasteiger partial charge in [-0.2, -0.15) is 0 Å². The van der Waals surface area contributed by atoms with Gasteiger partial charge in [-0.05, 0) is 43.2 Å².